The van der Waals surface area contributed by atoms with Crippen LogP contribution in [0.4, 0.5) is 0 Å². The van der Waals surface area contributed by atoms with Crippen molar-refractivity contribution in [2.45, 2.75) is 6.54 Å². The molecule has 9 heteroatoms. The van der Waals surface area contributed by atoms with Crippen LogP contribution < -0.4 is 5.56 Å². The lowest BCUT2D eigenvalue weighted by Crippen LogP contribution is -2.24. The van der Waals surface area contributed by atoms with Gasteiger partial charge in [-0.2, -0.15) is 0 Å². The Balaban J connectivity index is 1.96. The average Bonchev–Trinajstić information content (AvgIpc) is 2.73. The first kappa shape index (κ1) is 20.2. The summed E-state index contributed by atoms with van der Waals surface area (Å²) in [5.74, 6) is -0.148. The molecule has 0 spiro atoms. The molecular weight excluding hydrogens is 424 g/mol. The van der Waals surface area contributed by atoms with E-state index in [1.54, 1.807) is 36.7 Å². The number of hydrogen-bond acceptors (Lipinski definition) is 6. The Morgan fingerprint density at radius 1 is 1.10 bits per heavy atom. The van der Waals surface area contributed by atoms with Gasteiger partial charge < -0.3 is 0 Å². The second-order valence-electron chi connectivity index (χ2n) is 6.87. The van der Waals surface area contributed by atoms with Crippen LogP contribution in [0.15, 0.2) is 66.0 Å². The van der Waals surface area contributed by atoms with E-state index in [1.165, 1.54) is 10.9 Å². The quantitative estimate of drug-likeness (QED) is 0.473. The molecule has 0 saturated carbocycles. The van der Waals surface area contributed by atoms with Crippen molar-refractivity contribution < 1.29 is 8.42 Å². The van der Waals surface area contributed by atoms with Gasteiger partial charge in [-0.15, -0.1) is 0 Å². The van der Waals surface area contributed by atoms with Gasteiger partial charge in [0.25, 0.3) is 5.56 Å². The first-order valence-corrected chi connectivity index (χ1v) is 11.5. The van der Waals surface area contributed by atoms with Crippen LogP contribution >= 0.6 is 11.6 Å². The molecule has 0 unspecified atom stereocenters. The summed E-state index contributed by atoms with van der Waals surface area (Å²) in [6.07, 6.45) is 5.81. The molecule has 4 aromatic rings. The molecule has 0 aliphatic carbocycles. The predicted octanol–water partition coefficient (Wildman–Crippen LogP) is 3.22. The molecule has 4 rings (SSSR count). The van der Waals surface area contributed by atoms with Gasteiger partial charge in [0.05, 0.1) is 28.9 Å². The van der Waals surface area contributed by atoms with E-state index in [0.29, 0.717) is 27.3 Å². The van der Waals surface area contributed by atoms with Crippen molar-refractivity contribution in [2.75, 3.05) is 12.0 Å². The fraction of sp³-hybridized carbons (Fsp3) is 0.143. The maximum atomic E-state index is 13.1. The third-order valence-electron chi connectivity index (χ3n) is 4.59. The van der Waals surface area contributed by atoms with Gasteiger partial charge in [-0.05, 0) is 30.3 Å². The maximum absolute atomic E-state index is 13.1. The molecule has 0 atom stereocenters. The number of sulfone groups is 1. The number of nitrogens with zero attached hydrogens (tertiary/aromatic N) is 4. The van der Waals surface area contributed by atoms with Gasteiger partial charge in [-0.3, -0.25) is 14.3 Å². The lowest BCUT2D eigenvalue weighted by Gasteiger charge is -2.11. The monoisotopic (exact) mass is 440 g/mol. The molecule has 0 aliphatic heterocycles. The van der Waals surface area contributed by atoms with Crippen LogP contribution in [-0.2, 0) is 16.4 Å². The topological polar surface area (TPSA) is 94.8 Å². The van der Waals surface area contributed by atoms with E-state index in [-0.39, 0.29) is 17.9 Å². The number of fused-ring (bicyclic) bond motifs is 1. The SMILES string of the molecule is CS(=O)(=O)CCn1cnc2c(-c3cccnc3)nc(-c3ccc(Cl)cc3)cc2c1=O. The van der Waals surface area contributed by atoms with Gasteiger partial charge in [-0.25, -0.2) is 18.4 Å². The van der Waals surface area contributed by atoms with Gasteiger partial charge in [0, 0.05) is 41.3 Å². The minimum Gasteiger partial charge on any atom is -0.298 e. The second-order valence-corrected chi connectivity index (χ2v) is 9.57. The molecule has 0 bridgehead atoms. The Hall–Kier alpha value is -3.10. The standard InChI is InChI=1S/C21H17ClN4O3S/c1-30(28,29)10-9-26-13-24-20-17(21(26)27)11-18(14-4-6-16(22)7-5-14)25-19(20)15-3-2-8-23-12-15/h2-8,11-13H,9-10H2,1H3. The molecule has 0 saturated heterocycles. The molecule has 3 heterocycles. The van der Waals surface area contributed by atoms with Crippen LogP contribution in [0, 0.1) is 0 Å². The van der Waals surface area contributed by atoms with E-state index in [1.807, 2.05) is 18.2 Å². The summed E-state index contributed by atoms with van der Waals surface area (Å²) >= 11 is 6.00. The van der Waals surface area contributed by atoms with Crippen molar-refractivity contribution in [1.29, 1.82) is 0 Å². The Kier molecular flexibility index (Phi) is 5.36. The largest absolute Gasteiger partial charge is 0.298 e. The van der Waals surface area contributed by atoms with Crippen LogP contribution in [0.3, 0.4) is 0 Å². The Labute approximate surface area is 178 Å². The van der Waals surface area contributed by atoms with Crippen LogP contribution in [0.2, 0.25) is 5.02 Å². The summed E-state index contributed by atoms with van der Waals surface area (Å²) in [5.41, 5.74) is 2.72. The Bertz CT molecular complexity index is 1390. The third kappa shape index (κ3) is 4.24. The number of hydrogen-bond donors (Lipinski definition) is 0. The van der Waals surface area contributed by atoms with Crippen LogP contribution in [-0.4, -0.2) is 39.9 Å². The van der Waals surface area contributed by atoms with Crippen LogP contribution in [0.5, 0.6) is 0 Å². The summed E-state index contributed by atoms with van der Waals surface area (Å²) in [7, 11) is -3.22. The summed E-state index contributed by atoms with van der Waals surface area (Å²) in [6, 6.07) is 12.4. The van der Waals surface area contributed by atoms with Crippen molar-refractivity contribution in [1.82, 2.24) is 19.5 Å². The van der Waals surface area contributed by atoms with Crippen molar-refractivity contribution in [3.05, 3.63) is 76.6 Å². The van der Waals surface area contributed by atoms with Crippen molar-refractivity contribution in [3.8, 4) is 22.5 Å². The molecule has 0 N–H and O–H groups in total. The minimum atomic E-state index is -3.22. The normalized spacial score (nSPS) is 11.7. The Morgan fingerprint density at radius 3 is 2.53 bits per heavy atom. The number of aromatic nitrogens is 4. The van der Waals surface area contributed by atoms with Crippen molar-refractivity contribution >= 4 is 32.3 Å². The zero-order valence-electron chi connectivity index (χ0n) is 16.0. The molecule has 0 radical (unpaired) electrons. The van der Waals surface area contributed by atoms with Gasteiger partial charge in [0.1, 0.15) is 15.4 Å². The van der Waals surface area contributed by atoms with Gasteiger partial charge in [0.2, 0.25) is 0 Å². The first-order valence-electron chi connectivity index (χ1n) is 9.06. The Morgan fingerprint density at radius 2 is 1.87 bits per heavy atom. The highest BCUT2D eigenvalue weighted by molar-refractivity contribution is 7.90. The molecule has 152 valence electrons. The summed E-state index contributed by atoms with van der Waals surface area (Å²) in [6.45, 7) is 0.0292. The number of benzene rings is 1. The van der Waals surface area contributed by atoms with E-state index in [9.17, 15) is 13.2 Å². The predicted molar refractivity (Wildman–Crippen MR) is 117 cm³/mol. The van der Waals surface area contributed by atoms with Crippen LogP contribution in [0.25, 0.3) is 33.4 Å². The molecule has 3 aromatic heterocycles. The third-order valence-corrected chi connectivity index (χ3v) is 5.76. The summed E-state index contributed by atoms with van der Waals surface area (Å²) < 4.78 is 24.4. The van der Waals surface area contributed by atoms with Gasteiger partial charge in [0.15, 0.2) is 0 Å². The maximum Gasteiger partial charge on any atom is 0.261 e. The minimum absolute atomic E-state index is 0.0292. The molecule has 0 amide bonds. The van der Waals surface area contributed by atoms with Gasteiger partial charge >= 0.3 is 0 Å². The smallest absolute Gasteiger partial charge is 0.261 e. The fourth-order valence-electron chi connectivity index (χ4n) is 3.06. The summed E-state index contributed by atoms with van der Waals surface area (Å²) in [4.78, 5) is 26.4. The number of halogens is 1. The highest BCUT2D eigenvalue weighted by atomic mass is 35.5. The van der Waals surface area contributed by atoms with E-state index < -0.39 is 9.84 Å². The van der Waals surface area contributed by atoms with Crippen molar-refractivity contribution in [3.63, 3.8) is 0 Å². The lowest BCUT2D eigenvalue weighted by molar-refractivity contribution is 0.592. The number of pyridine rings is 2. The molecule has 30 heavy (non-hydrogen) atoms. The molecular formula is C21H17ClN4O3S. The number of aryl methyl sites for hydroxylation is 1. The molecule has 0 fully saturated rings. The van der Waals surface area contributed by atoms with Gasteiger partial charge in [-0.1, -0.05) is 23.7 Å². The fourth-order valence-corrected chi connectivity index (χ4v) is 3.72. The first-order chi connectivity index (χ1) is 14.3. The molecule has 7 nitrogen and oxygen atoms in total. The zero-order chi connectivity index (χ0) is 21.3. The van der Waals surface area contributed by atoms with E-state index in [0.717, 1.165) is 17.4 Å². The second kappa shape index (κ2) is 7.97. The lowest BCUT2D eigenvalue weighted by atomic mass is 10.1. The zero-order valence-corrected chi connectivity index (χ0v) is 17.6. The number of rotatable bonds is 5. The van der Waals surface area contributed by atoms with Crippen LogP contribution in [0.1, 0.15) is 0 Å². The van der Waals surface area contributed by atoms with Crippen molar-refractivity contribution in [2.24, 2.45) is 0 Å². The summed E-state index contributed by atoms with van der Waals surface area (Å²) in [5, 5.41) is 0.946. The van der Waals surface area contributed by atoms with E-state index >= 15 is 0 Å². The van der Waals surface area contributed by atoms with E-state index in [4.69, 9.17) is 16.6 Å². The highest BCUT2D eigenvalue weighted by Gasteiger charge is 2.15. The molecule has 0 aliphatic rings. The highest BCUT2D eigenvalue weighted by Crippen LogP contribution is 2.28. The average molecular weight is 441 g/mol. The molecule has 1 aromatic carbocycles. The van der Waals surface area contributed by atoms with E-state index in [2.05, 4.69) is 9.97 Å².